The van der Waals surface area contributed by atoms with Crippen molar-refractivity contribution in [2.24, 2.45) is 0 Å². The number of aromatic nitrogens is 4. The molecule has 0 bridgehead atoms. The number of ether oxygens (including phenoxy) is 1. The normalized spacial score (nSPS) is 14.2. The lowest BCUT2D eigenvalue weighted by molar-refractivity contribution is -0.116. The van der Waals surface area contributed by atoms with Gasteiger partial charge in [-0.2, -0.15) is 10.2 Å². The third-order valence-corrected chi connectivity index (χ3v) is 7.16. The second kappa shape index (κ2) is 13.1. The van der Waals surface area contributed by atoms with Crippen LogP contribution < -0.4 is 15.0 Å². The highest BCUT2D eigenvalue weighted by Gasteiger charge is 2.25. The van der Waals surface area contributed by atoms with Crippen LogP contribution in [0.4, 0.5) is 17.5 Å². The van der Waals surface area contributed by atoms with Crippen molar-refractivity contribution in [2.75, 3.05) is 70.8 Å². The lowest BCUT2D eigenvalue weighted by Crippen LogP contribution is -2.48. The first kappa shape index (κ1) is 27.8. The third kappa shape index (κ3) is 7.44. The van der Waals surface area contributed by atoms with E-state index in [0.29, 0.717) is 29.0 Å². The first-order valence-corrected chi connectivity index (χ1v) is 13.4. The van der Waals surface area contributed by atoms with E-state index in [0.717, 1.165) is 61.2 Å². The molecule has 1 aliphatic heterocycles. The van der Waals surface area contributed by atoms with Crippen molar-refractivity contribution in [1.82, 2.24) is 30.1 Å². The van der Waals surface area contributed by atoms with E-state index in [4.69, 9.17) is 19.5 Å². The van der Waals surface area contributed by atoms with Crippen LogP contribution in [-0.2, 0) is 16.1 Å². The van der Waals surface area contributed by atoms with E-state index in [2.05, 4.69) is 25.3 Å². The lowest BCUT2D eigenvalue weighted by atomic mass is 10.1. The Labute approximate surface area is 227 Å². The fourth-order valence-corrected chi connectivity index (χ4v) is 4.93. The van der Waals surface area contributed by atoms with Crippen molar-refractivity contribution in [3.63, 3.8) is 0 Å². The molecule has 0 spiro atoms. The van der Waals surface area contributed by atoms with Gasteiger partial charge >= 0.3 is 0 Å². The number of piperazine rings is 1. The van der Waals surface area contributed by atoms with Gasteiger partial charge in [0, 0.05) is 69.4 Å². The molecular weight excluding hydrogens is 504 g/mol. The predicted molar refractivity (Wildman–Crippen MR) is 148 cm³/mol. The van der Waals surface area contributed by atoms with Gasteiger partial charge in [-0.1, -0.05) is 12.1 Å². The highest BCUT2D eigenvalue weighted by atomic mass is 32.2. The SMILES string of the molecule is COc1c(Nc2cc(C)[nH]n2)nc(Sc2ccc(CC(C)=O)cc2)nc1N1CCN(CCN(C)OC)CC1. The molecular formula is C26H36N8O3S. The molecule has 12 heteroatoms. The summed E-state index contributed by atoms with van der Waals surface area (Å²) >= 11 is 1.47. The highest BCUT2D eigenvalue weighted by molar-refractivity contribution is 7.99. The Morgan fingerprint density at radius 3 is 2.50 bits per heavy atom. The summed E-state index contributed by atoms with van der Waals surface area (Å²) in [4.78, 5) is 32.1. The summed E-state index contributed by atoms with van der Waals surface area (Å²) < 4.78 is 5.84. The number of nitrogens with one attached hydrogen (secondary N) is 2. The van der Waals surface area contributed by atoms with Crippen molar-refractivity contribution < 1.29 is 14.4 Å². The van der Waals surface area contributed by atoms with Crippen LogP contribution >= 0.6 is 11.8 Å². The number of hydroxylamine groups is 2. The molecule has 0 amide bonds. The van der Waals surface area contributed by atoms with Gasteiger partial charge in [-0.15, -0.1) is 0 Å². The third-order valence-electron chi connectivity index (χ3n) is 6.28. The Kier molecular flexibility index (Phi) is 9.56. The monoisotopic (exact) mass is 540 g/mol. The molecule has 1 aromatic carbocycles. The second-order valence-electron chi connectivity index (χ2n) is 9.26. The van der Waals surface area contributed by atoms with Crippen LogP contribution in [0.5, 0.6) is 5.75 Å². The van der Waals surface area contributed by atoms with Crippen LogP contribution in [0.15, 0.2) is 40.4 Å². The summed E-state index contributed by atoms with van der Waals surface area (Å²) in [5, 5.41) is 13.0. The number of benzene rings is 1. The number of nitrogens with zero attached hydrogens (tertiary/aromatic N) is 6. The molecule has 3 aromatic rings. The Bertz CT molecular complexity index is 1210. The number of anilines is 3. The molecule has 2 aromatic heterocycles. The smallest absolute Gasteiger partial charge is 0.204 e. The highest BCUT2D eigenvalue weighted by Crippen LogP contribution is 2.38. The minimum atomic E-state index is 0.142. The fourth-order valence-electron chi connectivity index (χ4n) is 4.18. The van der Waals surface area contributed by atoms with Crippen LogP contribution in [0.2, 0.25) is 0 Å². The van der Waals surface area contributed by atoms with Gasteiger partial charge in [0.1, 0.15) is 5.78 Å². The number of hydrogen-bond donors (Lipinski definition) is 2. The van der Waals surface area contributed by atoms with Crippen molar-refractivity contribution in [3.05, 3.63) is 41.6 Å². The summed E-state index contributed by atoms with van der Waals surface area (Å²) in [6.07, 6.45) is 0.430. The van der Waals surface area contributed by atoms with Gasteiger partial charge in [0.05, 0.1) is 14.2 Å². The van der Waals surface area contributed by atoms with Gasteiger partial charge in [-0.25, -0.2) is 9.97 Å². The zero-order valence-corrected chi connectivity index (χ0v) is 23.5. The molecule has 2 N–H and O–H groups in total. The molecule has 1 fully saturated rings. The maximum atomic E-state index is 11.5. The summed E-state index contributed by atoms with van der Waals surface area (Å²) in [5.74, 6) is 2.69. The number of rotatable bonds is 12. The number of ketones is 1. The average Bonchev–Trinajstić information content (AvgIpc) is 3.32. The van der Waals surface area contributed by atoms with E-state index in [1.54, 1.807) is 21.1 Å². The molecule has 4 rings (SSSR count). The van der Waals surface area contributed by atoms with Crippen LogP contribution in [0.25, 0.3) is 0 Å². The van der Waals surface area contributed by atoms with Crippen LogP contribution in [0.1, 0.15) is 18.2 Å². The van der Waals surface area contributed by atoms with Gasteiger partial charge in [-0.3, -0.25) is 14.8 Å². The number of Topliss-reactive ketones (excluding diaryl/α,β-unsaturated/α-hetero) is 1. The Balaban J connectivity index is 1.58. The molecule has 11 nitrogen and oxygen atoms in total. The first-order valence-electron chi connectivity index (χ1n) is 12.6. The Hall–Kier alpha value is -3.19. The van der Waals surface area contributed by atoms with E-state index < -0.39 is 0 Å². The minimum absolute atomic E-state index is 0.142. The molecule has 0 aliphatic carbocycles. The van der Waals surface area contributed by atoms with E-state index >= 15 is 0 Å². The molecule has 0 saturated carbocycles. The Morgan fingerprint density at radius 1 is 1.16 bits per heavy atom. The first-order chi connectivity index (χ1) is 18.3. The van der Waals surface area contributed by atoms with Crippen molar-refractivity contribution in [2.45, 2.75) is 30.3 Å². The van der Waals surface area contributed by atoms with E-state index in [9.17, 15) is 4.79 Å². The predicted octanol–water partition coefficient (Wildman–Crippen LogP) is 3.16. The maximum Gasteiger partial charge on any atom is 0.204 e. The zero-order valence-electron chi connectivity index (χ0n) is 22.7. The summed E-state index contributed by atoms with van der Waals surface area (Å²) in [7, 11) is 5.26. The largest absolute Gasteiger partial charge is 0.490 e. The van der Waals surface area contributed by atoms with Crippen LogP contribution in [0, 0.1) is 6.92 Å². The zero-order chi connectivity index (χ0) is 27.1. The number of aromatic amines is 1. The number of H-pyrrole nitrogens is 1. The maximum absolute atomic E-state index is 11.5. The van der Waals surface area contributed by atoms with Gasteiger partial charge < -0.3 is 19.8 Å². The molecule has 1 aliphatic rings. The summed E-state index contributed by atoms with van der Waals surface area (Å²) in [5.41, 5.74) is 1.93. The number of carbonyl (C=O) groups excluding carboxylic acids is 1. The molecule has 0 radical (unpaired) electrons. The molecule has 38 heavy (non-hydrogen) atoms. The standard InChI is InChI=1S/C26H36N8O3S/c1-18-16-22(31-30-18)27-24-23(36-4)25(34-14-12-33(13-15-34)11-10-32(3)37-5)29-26(28-24)38-21-8-6-20(7-9-21)17-19(2)35/h6-9,16H,10-15,17H2,1-5H3,(H2,27,28,29,30,31). The molecule has 0 atom stereocenters. The van der Waals surface area contributed by atoms with E-state index in [-0.39, 0.29) is 5.78 Å². The fraction of sp³-hybridized carbons (Fsp3) is 0.462. The summed E-state index contributed by atoms with van der Waals surface area (Å²) in [6, 6.07) is 9.85. The topological polar surface area (TPSA) is 112 Å². The van der Waals surface area contributed by atoms with Gasteiger partial charge in [-0.05, 0) is 43.3 Å². The van der Waals surface area contributed by atoms with Crippen molar-refractivity contribution in [3.8, 4) is 5.75 Å². The second-order valence-corrected chi connectivity index (χ2v) is 10.3. The quantitative estimate of drug-likeness (QED) is 0.261. The number of carbonyl (C=O) groups is 1. The average molecular weight is 541 g/mol. The number of methoxy groups -OCH3 is 1. The van der Waals surface area contributed by atoms with Crippen LogP contribution in [0.3, 0.4) is 0 Å². The van der Waals surface area contributed by atoms with Gasteiger partial charge in [0.15, 0.2) is 22.6 Å². The molecule has 1 saturated heterocycles. The van der Waals surface area contributed by atoms with Crippen molar-refractivity contribution >= 4 is 35.0 Å². The minimum Gasteiger partial charge on any atom is -0.490 e. The number of aryl methyl sites for hydroxylation is 1. The summed E-state index contributed by atoms with van der Waals surface area (Å²) in [6.45, 7) is 8.77. The number of hydrogen-bond acceptors (Lipinski definition) is 11. The Morgan fingerprint density at radius 2 is 1.89 bits per heavy atom. The van der Waals surface area contributed by atoms with Crippen LogP contribution in [-0.4, -0.2) is 96.4 Å². The molecule has 204 valence electrons. The van der Waals surface area contributed by atoms with Gasteiger partial charge in [0.25, 0.3) is 0 Å². The van der Waals surface area contributed by atoms with Crippen molar-refractivity contribution in [1.29, 1.82) is 0 Å². The molecule has 3 heterocycles. The molecule has 0 unspecified atom stereocenters. The number of likely N-dealkylation sites (N-methyl/N-ethyl adjacent to an activating group) is 1. The van der Waals surface area contributed by atoms with Gasteiger partial charge in [0.2, 0.25) is 5.75 Å². The van der Waals surface area contributed by atoms with E-state index in [1.807, 2.05) is 49.4 Å². The van der Waals surface area contributed by atoms with E-state index in [1.165, 1.54) is 11.8 Å². The lowest BCUT2D eigenvalue weighted by Gasteiger charge is -2.36.